The highest BCUT2D eigenvalue weighted by atomic mass is 79.9. The van der Waals surface area contributed by atoms with Crippen LogP contribution in [0.4, 0.5) is 0 Å². The van der Waals surface area contributed by atoms with Crippen molar-refractivity contribution in [3.8, 4) is 0 Å². The summed E-state index contributed by atoms with van der Waals surface area (Å²) in [4.78, 5) is 2.48. The Morgan fingerprint density at radius 3 is 1.13 bits per heavy atom. The molecule has 0 rings (SSSR count). The highest BCUT2D eigenvalue weighted by Crippen LogP contribution is 2.22. The van der Waals surface area contributed by atoms with Crippen molar-refractivity contribution >= 4 is 17.0 Å². The molecule has 30 heavy (non-hydrogen) atoms. The molecule has 0 saturated carbocycles. The molecular formula is C28H60BrN. The maximum Gasteiger partial charge on any atom is 0.0115 e. The zero-order chi connectivity index (χ0) is 21.6. The minimum atomic E-state index is 0. The van der Waals surface area contributed by atoms with Crippen LogP contribution in [-0.2, 0) is 0 Å². The first-order chi connectivity index (χ1) is 14.1. The van der Waals surface area contributed by atoms with Crippen LogP contribution in [-0.4, -0.2) is 25.0 Å². The fraction of sp³-hybridized carbons (Fsp3) is 1.00. The topological polar surface area (TPSA) is 3.24 Å². The van der Waals surface area contributed by atoms with E-state index in [1.807, 2.05) is 0 Å². The highest BCUT2D eigenvalue weighted by Gasteiger charge is 2.18. The molecule has 1 nitrogen and oxygen atoms in total. The Morgan fingerprint density at radius 2 is 0.767 bits per heavy atom. The first-order valence-electron chi connectivity index (χ1n) is 13.8. The molecule has 2 heteroatoms. The lowest BCUT2D eigenvalue weighted by molar-refractivity contribution is 0.193. The number of unbranched alkanes of at least 4 members (excludes halogenated alkanes) is 17. The lowest BCUT2D eigenvalue weighted by Gasteiger charge is -2.30. The number of nitrogens with zero attached hydrogens (tertiary/aromatic N) is 1. The van der Waals surface area contributed by atoms with E-state index >= 15 is 0 Å². The summed E-state index contributed by atoms with van der Waals surface area (Å²) in [7, 11) is 4.56. The molecule has 0 saturated heterocycles. The Hall–Kier alpha value is 0.440. The normalized spacial score (nSPS) is 13.4. The van der Waals surface area contributed by atoms with Crippen LogP contribution in [0, 0.1) is 5.92 Å². The molecule has 0 heterocycles. The third-order valence-corrected chi connectivity index (χ3v) is 6.94. The van der Waals surface area contributed by atoms with Crippen molar-refractivity contribution in [3.05, 3.63) is 0 Å². The highest BCUT2D eigenvalue weighted by molar-refractivity contribution is 8.93. The molecule has 0 bridgehead atoms. The molecular weight excluding hydrogens is 430 g/mol. The smallest absolute Gasteiger partial charge is 0.0115 e. The van der Waals surface area contributed by atoms with Crippen LogP contribution in [0.1, 0.15) is 156 Å². The van der Waals surface area contributed by atoms with E-state index in [9.17, 15) is 0 Å². The van der Waals surface area contributed by atoms with Gasteiger partial charge in [0, 0.05) is 6.04 Å². The SMILES string of the molecule is Br.CCCCCCCCCCCCCCCCCCC(C)C(CCCCC)N(C)C. The molecule has 0 radical (unpaired) electrons. The van der Waals surface area contributed by atoms with Gasteiger partial charge in [-0.1, -0.05) is 143 Å². The van der Waals surface area contributed by atoms with Gasteiger partial charge in [0.05, 0.1) is 0 Å². The molecule has 0 aromatic heterocycles. The molecule has 0 aromatic carbocycles. The molecule has 184 valence electrons. The predicted octanol–water partition coefficient (Wildman–Crippen LogP) is 10.4. The summed E-state index contributed by atoms with van der Waals surface area (Å²) in [5, 5.41) is 0. The number of rotatable bonds is 23. The van der Waals surface area contributed by atoms with Gasteiger partial charge in [0.2, 0.25) is 0 Å². The van der Waals surface area contributed by atoms with Crippen LogP contribution in [0.2, 0.25) is 0 Å². The fourth-order valence-electron chi connectivity index (χ4n) is 4.86. The molecule has 2 unspecified atom stereocenters. The van der Waals surface area contributed by atoms with Crippen LogP contribution < -0.4 is 0 Å². The van der Waals surface area contributed by atoms with Crippen molar-refractivity contribution in [3.63, 3.8) is 0 Å². The summed E-state index contributed by atoms with van der Waals surface area (Å²) < 4.78 is 0. The summed E-state index contributed by atoms with van der Waals surface area (Å²) in [5.74, 6) is 0.855. The number of hydrogen-bond acceptors (Lipinski definition) is 1. The average Bonchev–Trinajstić information content (AvgIpc) is 2.70. The number of hydrogen-bond donors (Lipinski definition) is 0. The Morgan fingerprint density at radius 1 is 0.467 bits per heavy atom. The van der Waals surface area contributed by atoms with Crippen molar-refractivity contribution < 1.29 is 0 Å². The minimum Gasteiger partial charge on any atom is -0.306 e. The third-order valence-electron chi connectivity index (χ3n) is 6.94. The second kappa shape index (κ2) is 25.7. The van der Waals surface area contributed by atoms with E-state index in [4.69, 9.17) is 0 Å². The monoisotopic (exact) mass is 489 g/mol. The molecule has 0 spiro atoms. The van der Waals surface area contributed by atoms with Crippen molar-refractivity contribution in [2.75, 3.05) is 14.1 Å². The molecule has 0 aliphatic carbocycles. The second-order valence-corrected chi connectivity index (χ2v) is 10.1. The van der Waals surface area contributed by atoms with Gasteiger partial charge < -0.3 is 4.90 Å². The number of halogens is 1. The van der Waals surface area contributed by atoms with Gasteiger partial charge in [-0.25, -0.2) is 0 Å². The molecule has 0 aliphatic rings. The van der Waals surface area contributed by atoms with Crippen molar-refractivity contribution in [1.29, 1.82) is 0 Å². The first-order valence-corrected chi connectivity index (χ1v) is 13.8. The maximum atomic E-state index is 2.49. The van der Waals surface area contributed by atoms with Crippen LogP contribution in [0.3, 0.4) is 0 Å². The molecule has 0 amide bonds. The fourth-order valence-corrected chi connectivity index (χ4v) is 4.86. The van der Waals surface area contributed by atoms with Crippen LogP contribution in [0.15, 0.2) is 0 Å². The molecule has 0 fully saturated rings. The predicted molar refractivity (Wildman–Crippen MR) is 145 cm³/mol. The van der Waals surface area contributed by atoms with Crippen molar-refractivity contribution in [2.45, 2.75) is 162 Å². The van der Waals surface area contributed by atoms with Crippen LogP contribution in [0.25, 0.3) is 0 Å². The summed E-state index contributed by atoms with van der Waals surface area (Å²) in [6.07, 6.45) is 30.4. The van der Waals surface area contributed by atoms with E-state index in [0.717, 1.165) is 12.0 Å². The molecule has 0 aliphatic heterocycles. The summed E-state index contributed by atoms with van der Waals surface area (Å²) >= 11 is 0. The lowest BCUT2D eigenvalue weighted by Crippen LogP contribution is -2.34. The average molecular weight is 491 g/mol. The standard InChI is InChI=1S/C28H59N.BrH/c1-6-8-10-11-12-13-14-15-16-17-18-19-20-21-22-24-25-27(3)28(29(4)5)26-23-9-7-2;/h27-28H,6-26H2,1-5H3;1H. The van der Waals surface area contributed by atoms with Gasteiger partial charge in [-0.15, -0.1) is 17.0 Å². The zero-order valence-corrected chi connectivity index (χ0v) is 23.6. The van der Waals surface area contributed by atoms with Gasteiger partial charge in [0.15, 0.2) is 0 Å². The van der Waals surface area contributed by atoms with Gasteiger partial charge in [-0.2, -0.15) is 0 Å². The van der Waals surface area contributed by atoms with E-state index in [1.54, 1.807) is 0 Å². The third kappa shape index (κ3) is 21.7. The van der Waals surface area contributed by atoms with Gasteiger partial charge in [-0.05, 0) is 32.9 Å². The van der Waals surface area contributed by atoms with Gasteiger partial charge in [0.1, 0.15) is 0 Å². The quantitative estimate of drug-likeness (QED) is 0.129. The van der Waals surface area contributed by atoms with E-state index in [0.29, 0.717) is 0 Å². The van der Waals surface area contributed by atoms with E-state index in [1.165, 1.54) is 135 Å². The second-order valence-electron chi connectivity index (χ2n) is 10.1. The largest absolute Gasteiger partial charge is 0.306 e. The molecule has 0 aromatic rings. The zero-order valence-electron chi connectivity index (χ0n) is 21.9. The molecule has 2 atom stereocenters. The Labute approximate surface area is 203 Å². The first kappa shape index (κ1) is 32.6. The minimum absolute atomic E-state index is 0. The summed E-state index contributed by atoms with van der Waals surface area (Å²) in [6, 6.07) is 0.790. The lowest BCUT2D eigenvalue weighted by atomic mass is 9.90. The van der Waals surface area contributed by atoms with Crippen molar-refractivity contribution in [1.82, 2.24) is 4.90 Å². The van der Waals surface area contributed by atoms with E-state index < -0.39 is 0 Å². The van der Waals surface area contributed by atoms with Gasteiger partial charge >= 0.3 is 0 Å². The van der Waals surface area contributed by atoms with Gasteiger partial charge in [0.25, 0.3) is 0 Å². The summed E-state index contributed by atoms with van der Waals surface area (Å²) in [6.45, 7) is 7.10. The van der Waals surface area contributed by atoms with Crippen molar-refractivity contribution in [2.24, 2.45) is 5.92 Å². The summed E-state index contributed by atoms with van der Waals surface area (Å²) in [5.41, 5.74) is 0. The Kier molecular flexibility index (Phi) is 27.9. The maximum absolute atomic E-state index is 2.49. The van der Waals surface area contributed by atoms with E-state index in [-0.39, 0.29) is 17.0 Å². The van der Waals surface area contributed by atoms with E-state index in [2.05, 4.69) is 39.8 Å². The van der Waals surface area contributed by atoms with Crippen LogP contribution >= 0.6 is 17.0 Å². The Bertz CT molecular complexity index is 305. The van der Waals surface area contributed by atoms with Crippen LogP contribution in [0.5, 0.6) is 0 Å². The van der Waals surface area contributed by atoms with Gasteiger partial charge in [-0.3, -0.25) is 0 Å². The Balaban J connectivity index is 0. The molecule has 0 N–H and O–H groups in total.